The monoisotopic (exact) mass is 251 g/mol. The normalized spacial score (nSPS) is 25.4. The van der Waals surface area contributed by atoms with Crippen LogP contribution in [0, 0.1) is 10.8 Å². The van der Waals surface area contributed by atoms with Crippen LogP contribution < -0.4 is 5.32 Å². The lowest BCUT2D eigenvalue weighted by atomic mass is 9.60. The third-order valence-corrected chi connectivity index (χ3v) is 5.06. The van der Waals surface area contributed by atoms with E-state index in [2.05, 4.69) is 19.2 Å². The predicted molar refractivity (Wildman–Crippen MR) is 70.9 cm³/mol. The fourth-order valence-electron chi connectivity index (χ4n) is 4.04. The molecule has 2 amide bonds. The molecule has 3 heteroatoms. The number of hydrogen-bond donors (Lipinski definition) is 1. The van der Waals surface area contributed by atoms with Crippen LogP contribution in [0.1, 0.15) is 71.6 Å². The molecule has 2 rings (SSSR count). The second kappa shape index (κ2) is 5.02. The van der Waals surface area contributed by atoms with Gasteiger partial charge in [0.1, 0.15) is 0 Å². The van der Waals surface area contributed by atoms with E-state index in [1.165, 1.54) is 25.7 Å². The zero-order valence-electron chi connectivity index (χ0n) is 11.7. The van der Waals surface area contributed by atoms with Crippen LogP contribution in [-0.2, 0) is 9.59 Å². The van der Waals surface area contributed by atoms with Crippen molar-refractivity contribution in [2.24, 2.45) is 10.8 Å². The fraction of sp³-hybridized carbons (Fsp3) is 0.867. The Hall–Kier alpha value is -0.860. The van der Waals surface area contributed by atoms with Crippen LogP contribution in [0.2, 0.25) is 0 Å². The van der Waals surface area contributed by atoms with Gasteiger partial charge in [0, 0.05) is 6.42 Å². The number of rotatable bonds is 4. The van der Waals surface area contributed by atoms with Crippen LogP contribution >= 0.6 is 0 Å². The van der Waals surface area contributed by atoms with Gasteiger partial charge in [0.15, 0.2) is 0 Å². The number of amides is 2. The molecule has 1 aliphatic heterocycles. The van der Waals surface area contributed by atoms with Crippen molar-refractivity contribution in [3.63, 3.8) is 0 Å². The molecule has 1 spiro atoms. The Morgan fingerprint density at radius 1 is 1.00 bits per heavy atom. The summed E-state index contributed by atoms with van der Waals surface area (Å²) in [5.74, 6) is -0.0763. The molecule has 0 aromatic rings. The van der Waals surface area contributed by atoms with Crippen molar-refractivity contribution in [1.82, 2.24) is 5.32 Å². The summed E-state index contributed by atoms with van der Waals surface area (Å²) in [5, 5.41) is 2.49. The average Bonchev–Trinajstić information content (AvgIpc) is 2.59. The van der Waals surface area contributed by atoms with E-state index in [1.807, 2.05) is 0 Å². The van der Waals surface area contributed by atoms with Crippen molar-refractivity contribution in [3.05, 3.63) is 0 Å². The minimum atomic E-state index is -0.345. The molecule has 0 aromatic carbocycles. The van der Waals surface area contributed by atoms with Crippen LogP contribution in [0.4, 0.5) is 0 Å². The molecule has 0 unspecified atom stereocenters. The van der Waals surface area contributed by atoms with E-state index in [4.69, 9.17) is 0 Å². The molecule has 18 heavy (non-hydrogen) atoms. The van der Waals surface area contributed by atoms with Gasteiger partial charge in [-0.05, 0) is 43.9 Å². The lowest BCUT2D eigenvalue weighted by molar-refractivity contribution is -0.131. The number of hydrogen-bond acceptors (Lipinski definition) is 2. The maximum Gasteiger partial charge on any atom is 0.233 e. The topological polar surface area (TPSA) is 46.2 Å². The molecule has 102 valence electrons. The summed E-state index contributed by atoms with van der Waals surface area (Å²) in [5.41, 5.74) is 0.0999. The highest BCUT2D eigenvalue weighted by Gasteiger charge is 2.51. The van der Waals surface area contributed by atoms with Crippen LogP contribution in [-0.4, -0.2) is 11.8 Å². The molecule has 1 saturated carbocycles. The Bertz CT molecular complexity index is 332. The number of carbonyl (C=O) groups is 2. The zero-order valence-corrected chi connectivity index (χ0v) is 11.7. The SMILES string of the molecule is CCCC1(CCC)CCC2(CC1)CC(=O)NC2=O. The lowest BCUT2D eigenvalue weighted by Crippen LogP contribution is -2.39. The van der Waals surface area contributed by atoms with Crippen LogP contribution in [0.25, 0.3) is 0 Å². The van der Waals surface area contributed by atoms with E-state index in [1.54, 1.807) is 0 Å². The highest BCUT2D eigenvalue weighted by molar-refractivity contribution is 6.05. The molecule has 1 saturated heterocycles. The smallest absolute Gasteiger partial charge is 0.233 e. The van der Waals surface area contributed by atoms with Crippen LogP contribution in [0.15, 0.2) is 0 Å². The molecule has 1 heterocycles. The minimum Gasteiger partial charge on any atom is -0.296 e. The van der Waals surface area contributed by atoms with Gasteiger partial charge in [0.05, 0.1) is 5.41 Å². The standard InChI is InChI=1S/C15H25NO2/c1-3-5-14(6-4-2)7-9-15(10-8-14)11-12(17)16-13(15)18/h3-11H2,1-2H3,(H,16,17,18). The summed E-state index contributed by atoms with van der Waals surface area (Å²) in [4.78, 5) is 23.4. The summed E-state index contributed by atoms with van der Waals surface area (Å²) in [6.07, 6.45) is 9.47. The van der Waals surface area contributed by atoms with Gasteiger partial charge < -0.3 is 0 Å². The first-order valence-corrected chi connectivity index (χ1v) is 7.40. The Balaban J connectivity index is 2.06. The Labute approximate surface area is 110 Å². The van der Waals surface area contributed by atoms with Gasteiger partial charge in [-0.25, -0.2) is 0 Å². The first-order valence-electron chi connectivity index (χ1n) is 7.40. The van der Waals surface area contributed by atoms with E-state index in [0.717, 1.165) is 25.7 Å². The van der Waals surface area contributed by atoms with Crippen molar-refractivity contribution in [2.45, 2.75) is 71.6 Å². The molecular weight excluding hydrogens is 226 g/mol. The summed E-state index contributed by atoms with van der Waals surface area (Å²) < 4.78 is 0. The molecular formula is C15H25NO2. The van der Waals surface area contributed by atoms with Crippen molar-refractivity contribution in [3.8, 4) is 0 Å². The Morgan fingerprint density at radius 2 is 1.56 bits per heavy atom. The van der Waals surface area contributed by atoms with Crippen molar-refractivity contribution in [2.75, 3.05) is 0 Å². The largest absolute Gasteiger partial charge is 0.296 e. The lowest BCUT2D eigenvalue weighted by Gasteiger charge is -2.43. The summed E-state index contributed by atoms with van der Waals surface area (Å²) >= 11 is 0. The Morgan fingerprint density at radius 3 is 1.94 bits per heavy atom. The van der Waals surface area contributed by atoms with E-state index >= 15 is 0 Å². The summed E-state index contributed by atoms with van der Waals surface area (Å²) in [6, 6.07) is 0. The van der Waals surface area contributed by atoms with E-state index in [0.29, 0.717) is 11.8 Å². The second-order valence-electron chi connectivity index (χ2n) is 6.33. The van der Waals surface area contributed by atoms with Crippen molar-refractivity contribution >= 4 is 11.8 Å². The first-order chi connectivity index (χ1) is 8.56. The van der Waals surface area contributed by atoms with Gasteiger partial charge in [-0.3, -0.25) is 14.9 Å². The fourth-order valence-corrected chi connectivity index (χ4v) is 4.04. The maximum absolute atomic E-state index is 12.0. The van der Waals surface area contributed by atoms with E-state index in [9.17, 15) is 9.59 Å². The van der Waals surface area contributed by atoms with Gasteiger partial charge in [0.2, 0.25) is 11.8 Å². The number of nitrogens with one attached hydrogen (secondary N) is 1. The second-order valence-corrected chi connectivity index (χ2v) is 6.33. The molecule has 0 aromatic heterocycles. The number of imide groups is 1. The third kappa shape index (κ3) is 2.32. The molecule has 2 aliphatic rings. The van der Waals surface area contributed by atoms with Crippen LogP contribution in [0.3, 0.4) is 0 Å². The van der Waals surface area contributed by atoms with E-state index in [-0.39, 0.29) is 17.2 Å². The molecule has 0 radical (unpaired) electrons. The number of carbonyl (C=O) groups excluding carboxylic acids is 2. The van der Waals surface area contributed by atoms with Gasteiger partial charge in [-0.15, -0.1) is 0 Å². The molecule has 1 aliphatic carbocycles. The Kier molecular flexibility index (Phi) is 3.79. The summed E-state index contributed by atoms with van der Waals surface area (Å²) in [6.45, 7) is 4.49. The molecule has 1 N–H and O–H groups in total. The maximum atomic E-state index is 12.0. The highest BCUT2D eigenvalue weighted by Crippen LogP contribution is 2.52. The molecule has 3 nitrogen and oxygen atoms in total. The van der Waals surface area contributed by atoms with Crippen LogP contribution in [0.5, 0.6) is 0 Å². The van der Waals surface area contributed by atoms with Gasteiger partial charge in [-0.1, -0.05) is 26.7 Å². The van der Waals surface area contributed by atoms with E-state index < -0.39 is 0 Å². The first kappa shape index (κ1) is 13.6. The summed E-state index contributed by atoms with van der Waals surface area (Å²) in [7, 11) is 0. The van der Waals surface area contributed by atoms with Crippen molar-refractivity contribution < 1.29 is 9.59 Å². The average molecular weight is 251 g/mol. The zero-order chi connectivity index (χ0) is 13.2. The van der Waals surface area contributed by atoms with Gasteiger partial charge in [-0.2, -0.15) is 0 Å². The van der Waals surface area contributed by atoms with Gasteiger partial charge >= 0.3 is 0 Å². The minimum absolute atomic E-state index is 0.00547. The molecule has 0 bridgehead atoms. The molecule has 2 fully saturated rings. The van der Waals surface area contributed by atoms with Crippen molar-refractivity contribution in [1.29, 1.82) is 0 Å². The van der Waals surface area contributed by atoms with Gasteiger partial charge in [0.25, 0.3) is 0 Å². The molecule has 0 atom stereocenters. The highest BCUT2D eigenvalue weighted by atomic mass is 16.2. The quantitative estimate of drug-likeness (QED) is 0.780. The predicted octanol–water partition coefficient (Wildman–Crippen LogP) is 3.18. The third-order valence-electron chi connectivity index (χ3n) is 5.06.